The number of hydrogen-bond donors (Lipinski definition) is 2. The minimum Gasteiger partial charge on any atom is -0.508 e. The summed E-state index contributed by atoms with van der Waals surface area (Å²) in [6, 6.07) is 12.2. The third-order valence-corrected chi connectivity index (χ3v) is 3.75. The molecule has 5 nitrogen and oxygen atoms in total. The van der Waals surface area contributed by atoms with E-state index in [-0.39, 0.29) is 36.2 Å². The number of carbonyl (C=O) groups is 2. The summed E-state index contributed by atoms with van der Waals surface area (Å²) in [5.41, 5.74) is 0.636. The summed E-state index contributed by atoms with van der Waals surface area (Å²) in [6.07, 6.45) is 0.0268. The Hall–Kier alpha value is -2.89. The normalized spacial score (nSPS) is 17.3. The molecular formula is C17H15FN2O3. The number of aromatic hydroxyl groups is 1. The lowest BCUT2D eigenvalue weighted by Crippen LogP contribution is -2.28. The molecule has 6 heteroatoms. The highest BCUT2D eigenvalue weighted by atomic mass is 19.1. The molecule has 2 amide bonds. The van der Waals surface area contributed by atoms with Gasteiger partial charge in [0.1, 0.15) is 11.6 Å². The van der Waals surface area contributed by atoms with Crippen LogP contribution in [0.2, 0.25) is 0 Å². The van der Waals surface area contributed by atoms with E-state index in [0.717, 1.165) is 0 Å². The molecule has 118 valence electrons. The van der Waals surface area contributed by atoms with Crippen LogP contribution in [-0.2, 0) is 9.59 Å². The molecule has 1 heterocycles. The Labute approximate surface area is 132 Å². The summed E-state index contributed by atoms with van der Waals surface area (Å²) in [5.74, 6) is -1.63. The van der Waals surface area contributed by atoms with Crippen molar-refractivity contribution < 1.29 is 19.1 Å². The van der Waals surface area contributed by atoms with E-state index in [0.29, 0.717) is 5.69 Å². The minimum absolute atomic E-state index is 0.0268. The van der Waals surface area contributed by atoms with Gasteiger partial charge in [-0.1, -0.05) is 18.2 Å². The van der Waals surface area contributed by atoms with Gasteiger partial charge in [-0.2, -0.15) is 0 Å². The van der Waals surface area contributed by atoms with Crippen molar-refractivity contribution in [2.24, 2.45) is 5.92 Å². The monoisotopic (exact) mass is 314 g/mol. The Kier molecular flexibility index (Phi) is 3.97. The van der Waals surface area contributed by atoms with E-state index in [1.165, 1.54) is 29.2 Å². The van der Waals surface area contributed by atoms with E-state index in [1.54, 1.807) is 24.3 Å². The SMILES string of the molecule is O=C(Nc1cccc(O)c1)C1CC(=O)N(c2ccccc2F)C1. The first-order valence-corrected chi connectivity index (χ1v) is 7.19. The largest absolute Gasteiger partial charge is 0.508 e. The summed E-state index contributed by atoms with van der Waals surface area (Å²) in [4.78, 5) is 25.6. The number of nitrogens with zero attached hydrogens (tertiary/aromatic N) is 1. The minimum atomic E-state index is -0.565. The maximum absolute atomic E-state index is 13.8. The van der Waals surface area contributed by atoms with Crippen molar-refractivity contribution >= 4 is 23.2 Å². The van der Waals surface area contributed by atoms with Crippen LogP contribution in [0.3, 0.4) is 0 Å². The van der Waals surface area contributed by atoms with E-state index in [1.807, 2.05) is 0 Å². The molecule has 3 rings (SSSR count). The molecule has 23 heavy (non-hydrogen) atoms. The van der Waals surface area contributed by atoms with Gasteiger partial charge in [0.15, 0.2) is 0 Å². The van der Waals surface area contributed by atoms with Crippen molar-refractivity contribution in [2.75, 3.05) is 16.8 Å². The number of hydrogen-bond acceptors (Lipinski definition) is 3. The lowest BCUT2D eigenvalue weighted by Gasteiger charge is -2.17. The average molecular weight is 314 g/mol. The predicted molar refractivity (Wildman–Crippen MR) is 83.6 cm³/mol. The Balaban J connectivity index is 1.72. The Morgan fingerprint density at radius 2 is 2.00 bits per heavy atom. The number of halogens is 1. The van der Waals surface area contributed by atoms with Crippen LogP contribution in [0.5, 0.6) is 5.75 Å². The zero-order chi connectivity index (χ0) is 16.4. The number of nitrogens with one attached hydrogen (secondary N) is 1. The quantitative estimate of drug-likeness (QED) is 0.914. The molecule has 1 atom stereocenters. The number of amides is 2. The van der Waals surface area contributed by atoms with Crippen LogP contribution >= 0.6 is 0 Å². The third-order valence-electron chi connectivity index (χ3n) is 3.75. The first kappa shape index (κ1) is 15.0. The van der Waals surface area contributed by atoms with Crippen LogP contribution < -0.4 is 10.2 Å². The molecule has 1 fully saturated rings. The molecule has 0 bridgehead atoms. The van der Waals surface area contributed by atoms with E-state index >= 15 is 0 Å². The molecule has 1 aliphatic rings. The van der Waals surface area contributed by atoms with Crippen molar-refractivity contribution in [2.45, 2.75) is 6.42 Å². The second-order valence-corrected chi connectivity index (χ2v) is 5.40. The fraction of sp³-hybridized carbons (Fsp3) is 0.176. The highest BCUT2D eigenvalue weighted by molar-refractivity contribution is 6.03. The van der Waals surface area contributed by atoms with Crippen molar-refractivity contribution in [3.8, 4) is 5.75 Å². The van der Waals surface area contributed by atoms with Gasteiger partial charge in [0, 0.05) is 24.7 Å². The Morgan fingerprint density at radius 3 is 2.74 bits per heavy atom. The molecule has 2 aromatic rings. The number of rotatable bonds is 3. The van der Waals surface area contributed by atoms with Crippen molar-refractivity contribution in [3.63, 3.8) is 0 Å². The molecular weight excluding hydrogens is 299 g/mol. The molecule has 0 saturated carbocycles. The van der Waals surface area contributed by atoms with E-state index in [9.17, 15) is 19.1 Å². The summed E-state index contributed by atoms with van der Waals surface area (Å²) in [7, 11) is 0. The van der Waals surface area contributed by atoms with Crippen molar-refractivity contribution in [1.82, 2.24) is 0 Å². The molecule has 1 aliphatic heterocycles. The maximum atomic E-state index is 13.8. The fourth-order valence-corrected chi connectivity index (χ4v) is 2.61. The van der Waals surface area contributed by atoms with Gasteiger partial charge in [-0.05, 0) is 24.3 Å². The summed E-state index contributed by atoms with van der Waals surface area (Å²) >= 11 is 0. The van der Waals surface area contributed by atoms with Gasteiger partial charge in [-0.3, -0.25) is 9.59 Å². The van der Waals surface area contributed by atoms with Crippen molar-refractivity contribution in [1.29, 1.82) is 0 Å². The highest BCUT2D eigenvalue weighted by Gasteiger charge is 2.36. The van der Waals surface area contributed by atoms with Gasteiger partial charge < -0.3 is 15.3 Å². The number of benzene rings is 2. The highest BCUT2D eigenvalue weighted by Crippen LogP contribution is 2.28. The fourth-order valence-electron chi connectivity index (χ4n) is 2.61. The zero-order valence-corrected chi connectivity index (χ0v) is 12.2. The van der Waals surface area contributed by atoms with E-state index in [4.69, 9.17) is 0 Å². The number of para-hydroxylation sites is 1. The number of phenols is 1. The van der Waals surface area contributed by atoms with Gasteiger partial charge in [0.2, 0.25) is 11.8 Å². The lowest BCUT2D eigenvalue weighted by molar-refractivity contribution is -0.122. The summed E-state index contributed by atoms with van der Waals surface area (Å²) < 4.78 is 13.8. The maximum Gasteiger partial charge on any atom is 0.229 e. The average Bonchev–Trinajstić information content (AvgIpc) is 2.90. The molecule has 2 N–H and O–H groups in total. The molecule has 0 radical (unpaired) electrons. The molecule has 0 spiro atoms. The van der Waals surface area contributed by atoms with Crippen LogP contribution in [0, 0.1) is 11.7 Å². The Morgan fingerprint density at radius 1 is 1.22 bits per heavy atom. The van der Waals surface area contributed by atoms with E-state index in [2.05, 4.69) is 5.32 Å². The smallest absolute Gasteiger partial charge is 0.229 e. The van der Waals surface area contributed by atoms with Crippen LogP contribution in [0.25, 0.3) is 0 Å². The van der Waals surface area contributed by atoms with Gasteiger partial charge in [-0.15, -0.1) is 0 Å². The molecule has 0 aromatic heterocycles. The molecule has 0 aliphatic carbocycles. The van der Waals surface area contributed by atoms with Crippen LogP contribution in [0.4, 0.5) is 15.8 Å². The standard InChI is InChI=1S/C17H15FN2O3/c18-14-6-1-2-7-15(14)20-10-11(8-16(20)22)17(23)19-12-4-3-5-13(21)9-12/h1-7,9,11,21H,8,10H2,(H,19,23). The number of anilines is 2. The van der Waals surface area contributed by atoms with Crippen LogP contribution in [0.1, 0.15) is 6.42 Å². The second kappa shape index (κ2) is 6.08. The van der Waals surface area contributed by atoms with Crippen LogP contribution in [0.15, 0.2) is 48.5 Å². The first-order chi connectivity index (χ1) is 11.0. The summed E-state index contributed by atoms with van der Waals surface area (Å²) in [6.45, 7) is 0.129. The van der Waals surface area contributed by atoms with Gasteiger partial charge in [0.05, 0.1) is 11.6 Å². The topological polar surface area (TPSA) is 69.6 Å². The van der Waals surface area contributed by atoms with Gasteiger partial charge >= 0.3 is 0 Å². The first-order valence-electron chi connectivity index (χ1n) is 7.19. The van der Waals surface area contributed by atoms with Gasteiger partial charge in [-0.25, -0.2) is 4.39 Å². The van der Waals surface area contributed by atoms with Gasteiger partial charge in [0.25, 0.3) is 0 Å². The van der Waals surface area contributed by atoms with Crippen molar-refractivity contribution in [3.05, 3.63) is 54.3 Å². The third kappa shape index (κ3) is 3.15. The van der Waals surface area contributed by atoms with Crippen LogP contribution in [-0.4, -0.2) is 23.5 Å². The predicted octanol–water partition coefficient (Wildman–Crippen LogP) is 2.52. The number of carbonyl (C=O) groups excluding carboxylic acids is 2. The summed E-state index contributed by atoms with van der Waals surface area (Å²) in [5, 5.41) is 12.1. The molecule has 1 unspecified atom stereocenters. The number of phenolic OH excluding ortho intramolecular Hbond substituents is 1. The molecule has 2 aromatic carbocycles. The van der Waals surface area contributed by atoms with E-state index < -0.39 is 11.7 Å². The molecule has 1 saturated heterocycles. The lowest BCUT2D eigenvalue weighted by atomic mass is 10.1. The zero-order valence-electron chi connectivity index (χ0n) is 12.2. The Bertz CT molecular complexity index is 763. The second-order valence-electron chi connectivity index (χ2n) is 5.40.